The smallest absolute Gasteiger partial charge is 0.304 e. The van der Waals surface area contributed by atoms with E-state index in [9.17, 15) is 9.18 Å². The summed E-state index contributed by atoms with van der Waals surface area (Å²) in [6, 6.07) is 4.75. The maximum atomic E-state index is 13.3. The van der Waals surface area contributed by atoms with Crippen molar-refractivity contribution in [3.05, 3.63) is 29.6 Å². The molecular weight excluding hydrogens is 231 g/mol. The Labute approximate surface area is 97.6 Å². The molecule has 0 unspecified atom stereocenters. The number of halogens is 1. The van der Waals surface area contributed by atoms with Crippen molar-refractivity contribution in [2.24, 2.45) is 0 Å². The fraction of sp³-hybridized carbons (Fsp3) is 0.364. The predicted octanol–water partition coefficient (Wildman–Crippen LogP) is 2.54. The summed E-state index contributed by atoms with van der Waals surface area (Å²) >= 11 is 1.47. The zero-order valence-electron chi connectivity index (χ0n) is 8.90. The molecule has 0 atom stereocenters. The van der Waals surface area contributed by atoms with Crippen molar-refractivity contribution in [1.29, 1.82) is 0 Å². The zero-order valence-corrected chi connectivity index (χ0v) is 9.72. The van der Waals surface area contributed by atoms with E-state index in [1.165, 1.54) is 24.9 Å². The number of hydrogen-bond acceptors (Lipinski definition) is 3. The van der Waals surface area contributed by atoms with E-state index in [1.54, 1.807) is 12.1 Å². The van der Waals surface area contributed by atoms with Gasteiger partial charge >= 0.3 is 5.97 Å². The number of thioether (sulfide) groups is 1. The van der Waals surface area contributed by atoms with Gasteiger partial charge in [0.15, 0.2) is 11.6 Å². The van der Waals surface area contributed by atoms with Crippen molar-refractivity contribution in [3.8, 4) is 5.75 Å². The van der Waals surface area contributed by atoms with Gasteiger partial charge < -0.3 is 9.84 Å². The number of methoxy groups -OCH3 is 1. The molecule has 0 bridgehead atoms. The van der Waals surface area contributed by atoms with Gasteiger partial charge in [-0.2, -0.15) is 11.8 Å². The maximum Gasteiger partial charge on any atom is 0.304 e. The van der Waals surface area contributed by atoms with E-state index >= 15 is 0 Å². The topological polar surface area (TPSA) is 46.5 Å². The molecule has 0 saturated carbocycles. The maximum absolute atomic E-state index is 13.3. The molecule has 88 valence electrons. The van der Waals surface area contributed by atoms with Gasteiger partial charge in [-0.15, -0.1) is 0 Å². The number of rotatable bonds is 6. The van der Waals surface area contributed by atoms with Gasteiger partial charge in [0.1, 0.15) is 0 Å². The summed E-state index contributed by atoms with van der Waals surface area (Å²) < 4.78 is 18.1. The van der Waals surface area contributed by atoms with Gasteiger partial charge in [0.05, 0.1) is 13.5 Å². The van der Waals surface area contributed by atoms with Crippen LogP contribution in [-0.2, 0) is 10.5 Å². The molecular formula is C11H13FO3S. The van der Waals surface area contributed by atoms with E-state index < -0.39 is 5.97 Å². The second kappa shape index (κ2) is 6.37. The quantitative estimate of drug-likeness (QED) is 0.781. The lowest BCUT2D eigenvalue weighted by Crippen LogP contribution is -1.96. The first kappa shape index (κ1) is 12.8. The summed E-state index contributed by atoms with van der Waals surface area (Å²) in [4.78, 5) is 10.3. The third kappa shape index (κ3) is 4.10. The van der Waals surface area contributed by atoms with Crippen molar-refractivity contribution in [2.45, 2.75) is 12.2 Å². The van der Waals surface area contributed by atoms with Crippen molar-refractivity contribution in [1.82, 2.24) is 0 Å². The molecule has 0 aliphatic rings. The SMILES string of the molecule is COc1ccc(CSCCC(=O)O)cc1F. The first-order chi connectivity index (χ1) is 7.63. The summed E-state index contributed by atoms with van der Waals surface area (Å²) in [5.74, 6) is 0.156. The highest BCUT2D eigenvalue weighted by atomic mass is 32.2. The lowest BCUT2D eigenvalue weighted by atomic mass is 10.2. The molecule has 0 amide bonds. The molecule has 0 spiro atoms. The number of benzene rings is 1. The van der Waals surface area contributed by atoms with Crippen LogP contribution < -0.4 is 4.74 Å². The van der Waals surface area contributed by atoms with Crippen molar-refractivity contribution < 1.29 is 19.0 Å². The van der Waals surface area contributed by atoms with Gasteiger partial charge in [-0.25, -0.2) is 4.39 Å². The third-order valence-corrected chi connectivity index (χ3v) is 2.98. The number of hydrogen-bond donors (Lipinski definition) is 1. The van der Waals surface area contributed by atoms with Gasteiger partial charge in [0.2, 0.25) is 0 Å². The molecule has 1 aromatic carbocycles. The van der Waals surface area contributed by atoms with Crippen LogP contribution in [0.4, 0.5) is 4.39 Å². The van der Waals surface area contributed by atoms with Crippen LogP contribution in [0.5, 0.6) is 5.75 Å². The number of ether oxygens (including phenoxy) is 1. The molecule has 0 aliphatic carbocycles. The minimum Gasteiger partial charge on any atom is -0.494 e. The van der Waals surface area contributed by atoms with Crippen LogP contribution in [0.15, 0.2) is 18.2 Å². The Kier molecular flexibility index (Phi) is 5.11. The summed E-state index contributed by atoms with van der Waals surface area (Å²) in [6.07, 6.45) is 0.128. The molecule has 5 heteroatoms. The lowest BCUT2D eigenvalue weighted by Gasteiger charge is -2.04. The molecule has 0 fully saturated rings. The monoisotopic (exact) mass is 244 g/mol. The van der Waals surface area contributed by atoms with Gasteiger partial charge in [-0.3, -0.25) is 4.79 Å². The van der Waals surface area contributed by atoms with Gasteiger partial charge in [-0.1, -0.05) is 6.07 Å². The molecule has 3 nitrogen and oxygen atoms in total. The molecule has 0 saturated heterocycles. The normalized spacial score (nSPS) is 10.1. The molecule has 0 radical (unpaired) electrons. The molecule has 0 aromatic heterocycles. The first-order valence-electron chi connectivity index (χ1n) is 4.75. The first-order valence-corrected chi connectivity index (χ1v) is 5.91. The van der Waals surface area contributed by atoms with E-state index in [4.69, 9.17) is 9.84 Å². The van der Waals surface area contributed by atoms with Crippen molar-refractivity contribution >= 4 is 17.7 Å². The number of carboxylic acid groups (broad SMARTS) is 1. The Morgan fingerprint density at radius 3 is 2.88 bits per heavy atom. The Morgan fingerprint density at radius 1 is 1.56 bits per heavy atom. The van der Waals surface area contributed by atoms with Crippen LogP contribution in [0.2, 0.25) is 0 Å². The highest BCUT2D eigenvalue weighted by molar-refractivity contribution is 7.98. The fourth-order valence-corrected chi connectivity index (χ4v) is 2.03. The predicted molar refractivity (Wildman–Crippen MR) is 61.4 cm³/mol. The lowest BCUT2D eigenvalue weighted by molar-refractivity contribution is -0.136. The van der Waals surface area contributed by atoms with Crippen LogP contribution >= 0.6 is 11.8 Å². The average Bonchev–Trinajstić information content (AvgIpc) is 2.24. The van der Waals surface area contributed by atoms with Gasteiger partial charge in [-0.05, 0) is 17.7 Å². The minimum absolute atomic E-state index is 0.128. The minimum atomic E-state index is -0.812. The standard InChI is InChI=1S/C11H13FO3S/c1-15-10-3-2-8(6-9(10)12)7-16-5-4-11(13)14/h2-3,6H,4-5,7H2,1H3,(H,13,14). The van der Waals surface area contributed by atoms with E-state index in [2.05, 4.69) is 0 Å². The van der Waals surface area contributed by atoms with Crippen LogP contribution in [-0.4, -0.2) is 23.9 Å². The fourth-order valence-electron chi connectivity index (χ4n) is 1.15. The second-order valence-corrected chi connectivity index (χ2v) is 4.27. The zero-order chi connectivity index (χ0) is 12.0. The Morgan fingerprint density at radius 2 is 2.31 bits per heavy atom. The van der Waals surface area contributed by atoms with E-state index in [-0.39, 0.29) is 18.0 Å². The molecule has 1 aromatic rings. The van der Waals surface area contributed by atoms with E-state index in [1.807, 2.05) is 0 Å². The van der Waals surface area contributed by atoms with Crippen molar-refractivity contribution in [3.63, 3.8) is 0 Å². The Bertz CT molecular complexity index is 368. The van der Waals surface area contributed by atoms with E-state index in [0.717, 1.165) is 5.56 Å². The largest absolute Gasteiger partial charge is 0.494 e. The number of carboxylic acids is 1. The molecule has 1 N–H and O–H groups in total. The van der Waals surface area contributed by atoms with Gasteiger partial charge in [0.25, 0.3) is 0 Å². The van der Waals surface area contributed by atoms with Crippen LogP contribution in [0, 0.1) is 5.82 Å². The summed E-state index contributed by atoms with van der Waals surface area (Å²) in [5.41, 5.74) is 0.827. The molecule has 0 aliphatic heterocycles. The second-order valence-electron chi connectivity index (χ2n) is 3.17. The van der Waals surface area contributed by atoms with Crippen molar-refractivity contribution in [2.75, 3.05) is 12.9 Å². The summed E-state index contributed by atoms with van der Waals surface area (Å²) in [5, 5.41) is 8.43. The van der Waals surface area contributed by atoms with E-state index in [0.29, 0.717) is 11.5 Å². The Balaban J connectivity index is 2.43. The Hall–Kier alpha value is -1.23. The van der Waals surface area contributed by atoms with Crippen LogP contribution in [0.1, 0.15) is 12.0 Å². The van der Waals surface area contributed by atoms with Crippen LogP contribution in [0.25, 0.3) is 0 Å². The molecule has 1 rings (SSSR count). The summed E-state index contributed by atoms with van der Waals surface area (Å²) in [7, 11) is 1.42. The number of carbonyl (C=O) groups is 1. The summed E-state index contributed by atoms with van der Waals surface area (Å²) in [6.45, 7) is 0. The van der Waals surface area contributed by atoms with Crippen LogP contribution in [0.3, 0.4) is 0 Å². The molecule has 16 heavy (non-hydrogen) atoms. The molecule has 0 heterocycles. The number of aliphatic carboxylic acids is 1. The van der Waals surface area contributed by atoms with Gasteiger partial charge in [0, 0.05) is 11.5 Å². The average molecular weight is 244 g/mol. The highest BCUT2D eigenvalue weighted by Gasteiger charge is 2.04. The third-order valence-electron chi connectivity index (χ3n) is 1.95. The highest BCUT2D eigenvalue weighted by Crippen LogP contribution is 2.20.